The molecule has 0 unspecified atom stereocenters. The highest BCUT2D eigenvalue weighted by Crippen LogP contribution is 1.86. The van der Waals surface area contributed by atoms with Gasteiger partial charge in [0.05, 0.1) is 17.8 Å². The molecule has 0 spiro atoms. The molecule has 0 aliphatic heterocycles. The number of hydrogen-bond donors (Lipinski definition) is 0. The van der Waals surface area contributed by atoms with Crippen molar-refractivity contribution in [3.63, 3.8) is 0 Å². The molecule has 0 aliphatic rings. The number of aliphatic imine (C=N–C) groups is 2. The van der Waals surface area contributed by atoms with Crippen LogP contribution < -0.4 is 0 Å². The first-order valence-corrected chi connectivity index (χ1v) is 3.93. The molecule has 0 rings (SSSR count). The van der Waals surface area contributed by atoms with Gasteiger partial charge in [0, 0.05) is 20.1 Å². The molecule has 0 amide bonds. The molecule has 0 aromatic carbocycles. The van der Waals surface area contributed by atoms with Crippen molar-refractivity contribution >= 4 is 6.01 Å². The number of nitrogens with zero attached hydrogens (tertiary/aromatic N) is 4. The SMILES string of the molecule is CCN=C=NCCCN(C)N=O. The predicted octanol–water partition coefficient (Wildman–Crippen LogP) is 1.18. The summed E-state index contributed by atoms with van der Waals surface area (Å²) in [6.07, 6.45) is 0.800. The van der Waals surface area contributed by atoms with E-state index in [-0.39, 0.29) is 0 Å². The molecular formula is C7H14N4O. The van der Waals surface area contributed by atoms with E-state index in [9.17, 15) is 4.91 Å². The van der Waals surface area contributed by atoms with Crippen LogP contribution in [-0.4, -0.2) is 37.7 Å². The fourth-order valence-electron chi connectivity index (χ4n) is 0.590. The third kappa shape index (κ3) is 6.89. The molecule has 0 N–H and O–H groups in total. The molecule has 0 saturated carbocycles. The van der Waals surface area contributed by atoms with E-state index in [2.05, 4.69) is 21.3 Å². The maximum atomic E-state index is 9.88. The van der Waals surface area contributed by atoms with Crippen LogP contribution in [0.5, 0.6) is 0 Å². The molecule has 0 bridgehead atoms. The summed E-state index contributed by atoms with van der Waals surface area (Å²) in [5.74, 6) is 0. The Morgan fingerprint density at radius 3 is 2.75 bits per heavy atom. The molecule has 5 nitrogen and oxygen atoms in total. The second-order valence-corrected chi connectivity index (χ2v) is 2.27. The van der Waals surface area contributed by atoms with Crippen LogP contribution in [0.4, 0.5) is 0 Å². The Morgan fingerprint density at radius 2 is 2.17 bits per heavy atom. The summed E-state index contributed by atoms with van der Waals surface area (Å²) in [5.41, 5.74) is 0. The van der Waals surface area contributed by atoms with Crippen molar-refractivity contribution in [2.24, 2.45) is 15.3 Å². The lowest BCUT2D eigenvalue weighted by atomic mass is 10.4. The van der Waals surface area contributed by atoms with E-state index in [1.54, 1.807) is 7.05 Å². The Balaban J connectivity index is 3.32. The van der Waals surface area contributed by atoms with Crippen molar-refractivity contribution in [3.8, 4) is 0 Å². The molecule has 0 fully saturated rings. The summed E-state index contributed by atoms with van der Waals surface area (Å²) in [7, 11) is 1.64. The lowest BCUT2D eigenvalue weighted by Crippen LogP contribution is -2.11. The van der Waals surface area contributed by atoms with Crippen LogP contribution in [0.15, 0.2) is 15.3 Å². The van der Waals surface area contributed by atoms with Crippen molar-refractivity contribution in [2.75, 3.05) is 26.7 Å². The van der Waals surface area contributed by atoms with Gasteiger partial charge >= 0.3 is 0 Å². The van der Waals surface area contributed by atoms with E-state index in [0.717, 1.165) is 6.42 Å². The quantitative estimate of drug-likeness (QED) is 0.260. The second kappa shape index (κ2) is 7.88. The summed E-state index contributed by atoms with van der Waals surface area (Å²) in [5, 5.41) is 4.06. The largest absolute Gasteiger partial charge is 0.264 e. The van der Waals surface area contributed by atoms with Crippen LogP contribution in [0.1, 0.15) is 13.3 Å². The molecule has 0 aromatic rings. The second-order valence-electron chi connectivity index (χ2n) is 2.27. The molecule has 5 heteroatoms. The van der Waals surface area contributed by atoms with Crippen LogP contribution in [0.2, 0.25) is 0 Å². The first-order chi connectivity index (χ1) is 5.81. The van der Waals surface area contributed by atoms with Gasteiger partial charge in [-0.2, -0.15) is 0 Å². The zero-order valence-corrected chi connectivity index (χ0v) is 7.53. The topological polar surface area (TPSA) is 57.4 Å². The fourth-order valence-corrected chi connectivity index (χ4v) is 0.590. The van der Waals surface area contributed by atoms with Gasteiger partial charge in [-0.05, 0) is 13.3 Å². The van der Waals surface area contributed by atoms with Crippen LogP contribution >= 0.6 is 0 Å². The zero-order valence-electron chi connectivity index (χ0n) is 7.53. The van der Waals surface area contributed by atoms with E-state index >= 15 is 0 Å². The number of hydrogen-bond acceptors (Lipinski definition) is 4. The highest BCUT2D eigenvalue weighted by Gasteiger charge is 1.91. The average Bonchev–Trinajstić information content (AvgIpc) is 2.10. The first-order valence-electron chi connectivity index (χ1n) is 3.93. The van der Waals surface area contributed by atoms with Gasteiger partial charge in [-0.1, -0.05) is 0 Å². The highest BCUT2D eigenvalue weighted by molar-refractivity contribution is 5.40. The molecule has 0 saturated heterocycles. The van der Waals surface area contributed by atoms with Crippen molar-refractivity contribution in [3.05, 3.63) is 4.91 Å². The number of nitroso groups, excluding NO2 is 1. The first kappa shape index (κ1) is 10.8. The molecule has 0 atom stereocenters. The van der Waals surface area contributed by atoms with Crippen molar-refractivity contribution < 1.29 is 0 Å². The highest BCUT2D eigenvalue weighted by atomic mass is 16.3. The number of rotatable bonds is 6. The van der Waals surface area contributed by atoms with E-state index in [1.807, 2.05) is 6.92 Å². The molecule has 0 heterocycles. The minimum Gasteiger partial charge on any atom is -0.264 e. The summed E-state index contributed by atoms with van der Waals surface area (Å²) in [6.45, 7) is 3.90. The summed E-state index contributed by atoms with van der Waals surface area (Å²) in [4.78, 5) is 17.6. The standard InChI is InChI=1S/C7H14N4O/c1-3-8-7-9-5-4-6-11(2)10-12/h3-6H2,1-2H3. The van der Waals surface area contributed by atoms with Gasteiger partial charge in [0.15, 0.2) is 0 Å². The van der Waals surface area contributed by atoms with Crippen molar-refractivity contribution in [1.82, 2.24) is 5.01 Å². The molecule has 0 aliphatic carbocycles. The average molecular weight is 170 g/mol. The summed E-state index contributed by atoms with van der Waals surface area (Å²) in [6, 6.07) is 2.55. The van der Waals surface area contributed by atoms with Crippen LogP contribution in [-0.2, 0) is 0 Å². The fraction of sp³-hybridized carbons (Fsp3) is 0.857. The molecule has 12 heavy (non-hydrogen) atoms. The normalized spacial score (nSPS) is 8.50. The summed E-state index contributed by atoms with van der Waals surface area (Å²) >= 11 is 0. The Labute approximate surface area is 72.1 Å². The van der Waals surface area contributed by atoms with Crippen LogP contribution in [0.3, 0.4) is 0 Å². The Hall–Kier alpha value is -1.22. The van der Waals surface area contributed by atoms with Gasteiger partial charge in [-0.15, -0.1) is 4.91 Å². The monoisotopic (exact) mass is 170 g/mol. The smallest absolute Gasteiger partial charge is 0.0892 e. The lowest BCUT2D eigenvalue weighted by molar-refractivity contribution is 0.346. The van der Waals surface area contributed by atoms with Gasteiger partial charge in [0.25, 0.3) is 0 Å². The molecule has 68 valence electrons. The molecule has 0 radical (unpaired) electrons. The van der Waals surface area contributed by atoms with E-state index in [4.69, 9.17) is 0 Å². The van der Waals surface area contributed by atoms with Crippen LogP contribution in [0.25, 0.3) is 0 Å². The molecular weight excluding hydrogens is 156 g/mol. The third-order valence-electron chi connectivity index (χ3n) is 1.19. The van der Waals surface area contributed by atoms with Crippen molar-refractivity contribution in [2.45, 2.75) is 13.3 Å². The minimum absolute atomic E-state index is 0.626. The van der Waals surface area contributed by atoms with Gasteiger partial charge in [0.2, 0.25) is 0 Å². The van der Waals surface area contributed by atoms with Crippen LogP contribution in [0, 0.1) is 4.91 Å². The van der Waals surface area contributed by atoms with Crippen molar-refractivity contribution in [1.29, 1.82) is 0 Å². The van der Waals surface area contributed by atoms with Gasteiger partial charge in [-0.3, -0.25) is 5.01 Å². The maximum Gasteiger partial charge on any atom is 0.0892 e. The Morgan fingerprint density at radius 1 is 1.42 bits per heavy atom. The molecule has 0 aromatic heterocycles. The Kier molecular flexibility index (Phi) is 7.08. The minimum atomic E-state index is 0.626. The van der Waals surface area contributed by atoms with Gasteiger partial charge in [-0.25, -0.2) is 9.98 Å². The van der Waals surface area contributed by atoms with E-state index < -0.39 is 0 Å². The van der Waals surface area contributed by atoms with E-state index in [1.165, 1.54) is 5.01 Å². The zero-order chi connectivity index (χ0) is 9.23. The Bertz CT molecular complexity index is 174. The summed E-state index contributed by atoms with van der Waals surface area (Å²) < 4.78 is 0. The lowest BCUT2D eigenvalue weighted by Gasteiger charge is -2.04. The predicted molar refractivity (Wildman–Crippen MR) is 48.3 cm³/mol. The maximum absolute atomic E-state index is 9.88. The van der Waals surface area contributed by atoms with Gasteiger partial charge < -0.3 is 0 Å². The van der Waals surface area contributed by atoms with E-state index in [0.29, 0.717) is 19.6 Å². The van der Waals surface area contributed by atoms with Gasteiger partial charge in [0.1, 0.15) is 0 Å². The third-order valence-corrected chi connectivity index (χ3v) is 1.19.